The van der Waals surface area contributed by atoms with Crippen molar-refractivity contribution in [3.8, 4) is 5.75 Å². The smallest absolute Gasteiger partial charge is 0.236 e. The van der Waals surface area contributed by atoms with Crippen molar-refractivity contribution in [1.29, 1.82) is 0 Å². The van der Waals surface area contributed by atoms with E-state index in [0.717, 1.165) is 0 Å². The quantitative estimate of drug-likeness (QED) is 0.850. The molecule has 1 heterocycles. The van der Waals surface area contributed by atoms with Gasteiger partial charge >= 0.3 is 0 Å². The number of anilines is 4. The van der Waals surface area contributed by atoms with Gasteiger partial charge in [0.1, 0.15) is 0 Å². The number of methoxy groups -OCH3 is 1. The van der Waals surface area contributed by atoms with Crippen LogP contribution in [0.2, 0.25) is 0 Å². The molecule has 0 spiro atoms. The molecule has 2 rings (SSSR count). The lowest BCUT2D eigenvalue weighted by Crippen LogP contribution is -2.16. The van der Waals surface area contributed by atoms with E-state index in [-0.39, 0.29) is 23.6 Å². The summed E-state index contributed by atoms with van der Waals surface area (Å²) < 4.78 is 18.5. The Labute approximate surface area is 109 Å². The van der Waals surface area contributed by atoms with Gasteiger partial charge < -0.3 is 21.1 Å². The van der Waals surface area contributed by atoms with Crippen LogP contribution in [0.3, 0.4) is 0 Å². The predicted octanol–water partition coefficient (Wildman–Crippen LogP) is 0.952. The molecular formula is C11H13FN6O. The first-order valence-electron chi connectivity index (χ1n) is 5.35. The molecule has 0 bridgehead atoms. The lowest BCUT2D eigenvalue weighted by molar-refractivity contribution is 0.386. The van der Waals surface area contributed by atoms with E-state index in [9.17, 15) is 4.39 Å². The van der Waals surface area contributed by atoms with Crippen LogP contribution in [0.5, 0.6) is 5.75 Å². The first-order valence-corrected chi connectivity index (χ1v) is 5.35. The van der Waals surface area contributed by atoms with Crippen LogP contribution in [0.25, 0.3) is 0 Å². The lowest BCUT2D eigenvalue weighted by atomic mass is 10.2. The van der Waals surface area contributed by atoms with Gasteiger partial charge in [0.2, 0.25) is 17.8 Å². The molecule has 1 aromatic heterocycles. The van der Waals surface area contributed by atoms with Gasteiger partial charge in [0.15, 0.2) is 11.6 Å². The van der Waals surface area contributed by atoms with E-state index in [1.54, 1.807) is 13.1 Å². The van der Waals surface area contributed by atoms with Gasteiger partial charge in [0, 0.05) is 18.8 Å². The van der Waals surface area contributed by atoms with Gasteiger partial charge in [-0.1, -0.05) is 0 Å². The van der Waals surface area contributed by atoms with E-state index in [4.69, 9.17) is 16.2 Å². The molecule has 0 unspecified atom stereocenters. The first-order chi connectivity index (χ1) is 9.01. The summed E-state index contributed by atoms with van der Waals surface area (Å²) in [4.78, 5) is 13.1. The zero-order chi connectivity index (χ0) is 14.0. The predicted molar refractivity (Wildman–Crippen MR) is 69.7 cm³/mol. The summed E-state index contributed by atoms with van der Waals surface area (Å²) in [5.41, 5.74) is 11.5. The minimum atomic E-state index is -0.484. The van der Waals surface area contributed by atoms with E-state index >= 15 is 0 Å². The van der Waals surface area contributed by atoms with Crippen molar-refractivity contribution in [2.75, 3.05) is 30.5 Å². The van der Waals surface area contributed by atoms with Crippen LogP contribution >= 0.6 is 0 Å². The molecule has 7 nitrogen and oxygen atoms in total. The largest absolute Gasteiger partial charge is 0.494 e. The van der Waals surface area contributed by atoms with Crippen LogP contribution in [0, 0.1) is 5.82 Å². The number of rotatable bonds is 3. The van der Waals surface area contributed by atoms with Crippen molar-refractivity contribution >= 4 is 23.5 Å². The molecule has 0 fully saturated rings. The average molecular weight is 264 g/mol. The van der Waals surface area contributed by atoms with E-state index in [1.165, 1.54) is 24.1 Å². The summed E-state index contributed by atoms with van der Waals surface area (Å²) in [6.45, 7) is 0. The molecule has 0 saturated heterocycles. The standard InChI is InChI=1S/C11H13FN6O/c1-18(11-16-9(13)15-10(14)17-11)6-3-4-8(19-2)7(12)5-6/h3-5H,1-2H3,(H4,13,14,15,16,17). The fraction of sp³-hybridized carbons (Fsp3) is 0.182. The van der Waals surface area contributed by atoms with Crippen molar-refractivity contribution in [1.82, 2.24) is 15.0 Å². The summed E-state index contributed by atoms with van der Waals surface area (Å²) in [7, 11) is 3.06. The molecule has 100 valence electrons. The molecular weight excluding hydrogens is 251 g/mol. The molecule has 0 aliphatic heterocycles. The fourth-order valence-electron chi connectivity index (χ4n) is 1.53. The topological polar surface area (TPSA) is 103 Å². The molecule has 0 radical (unpaired) electrons. The minimum absolute atomic E-state index is 0.00309. The Bertz CT molecular complexity index is 585. The number of nitrogens with two attached hydrogens (primary N) is 2. The van der Waals surface area contributed by atoms with Crippen LogP contribution in [0.4, 0.5) is 27.9 Å². The Hall–Kier alpha value is -2.64. The third kappa shape index (κ3) is 2.62. The number of ether oxygens (including phenoxy) is 1. The van der Waals surface area contributed by atoms with Crippen molar-refractivity contribution in [2.45, 2.75) is 0 Å². The molecule has 0 amide bonds. The van der Waals surface area contributed by atoms with E-state index < -0.39 is 5.82 Å². The van der Waals surface area contributed by atoms with E-state index in [2.05, 4.69) is 15.0 Å². The van der Waals surface area contributed by atoms with Crippen LogP contribution in [-0.4, -0.2) is 29.1 Å². The Balaban J connectivity index is 2.38. The van der Waals surface area contributed by atoms with Gasteiger partial charge in [-0.05, 0) is 12.1 Å². The van der Waals surface area contributed by atoms with Gasteiger partial charge in [-0.25, -0.2) is 4.39 Å². The molecule has 0 atom stereocenters. The molecule has 0 aliphatic rings. The highest BCUT2D eigenvalue weighted by Crippen LogP contribution is 2.26. The van der Waals surface area contributed by atoms with E-state index in [0.29, 0.717) is 5.69 Å². The Morgan fingerprint density at radius 1 is 1.16 bits per heavy atom. The Kier molecular flexibility index (Phi) is 3.32. The SMILES string of the molecule is COc1ccc(N(C)c2nc(N)nc(N)n2)cc1F. The summed E-state index contributed by atoms with van der Waals surface area (Å²) in [6.07, 6.45) is 0. The normalized spacial score (nSPS) is 10.3. The second-order valence-electron chi connectivity index (χ2n) is 3.73. The number of nitrogen functional groups attached to an aromatic ring is 2. The summed E-state index contributed by atoms with van der Waals surface area (Å²) in [5, 5.41) is 0. The number of nitrogens with zero attached hydrogens (tertiary/aromatic N) is 4. The zero-order valence-electron chi connectivity index (χ0n) is 10.5. The lowest BCUT2D eigenvalue weighted by Gasteiger charge is -2.17. The summed E-state index contributed by atoms with van der Waals surface area (Å²) in [5.74, 6) is -0.0880. The summed E-state index contributed by atoms with van der Waals surface area (Å²) >= 11 is 0. The van der Waals surface area contributed by atoms with Gasteiger partial charge in [-0.2, -0.15) is 15.0 Å². The summed E-state index contributed by atoms with van der Waals surface area (Å²) in [6, 6.07) is 4.47. The fourth-order valence-corrected chi connectivity index (χ4v) is 1.53. The molecule has 2 aromatic rings. The molecule has 0 aliphatic carbocycles. The van der Waals surface area contributed by atoms with Crippen molar-refractivity contribution in [3.05, 3.63) is 24.0 Å². The maximum atomic E-state index is 13.6. The van der Waals surface area contributed by atoms with Crippen molar-refractivity contribution < 1.29 is 9.13 Å². The highest BCUT2D eigenvalue weighted by molar-refractivity contribution is 5.59. The third-order valence-corrected chi connectivity index (χ3v) is 2.48. The second-order valence-corrected chi connectivity index (χ2v) is 3.73. The Morgan fingerprint density at radius 3 is 2.32 bits per heavy atom. The Morgan fingerprint density at radius 2 is 1.79 bits per heavy atom. The van der Waals surface area contributed by atoms with Gasteiger partial charge in [-0.3, -0.25) is 0 Å². The number of hydrogen-bond acceptors (Lipinski definition) is 7. The number of hydrogen-bond donors (Lipinski definition) is 2. The van der Waals surface area contributed by atoms with Crippen LogP contribution in [-0.2, 0) is 0 Å². The van der Waals surface area contributed by atoms with Gasteiger partial charge in [-0.15, -0.1) is 0 Å². The highest BCUT2D eigenvalue weighted by atomic mass is 19.1. The van der Waals surface area contributed by atoms with Crippen molar-refractivity contribution in [3.63, 3.8) is 0 Å². The molecule has 4 N–H and O–H groups in total. The average Bonchev–Trinajstić information content (AvgIpc) is 2.36. The van der Waals surface area contributed by atoms with Crippen LogP contribution in [0.15, 0.2) is 18.2 Å². The minimum Gasteiger partial charge on any atom is -0.494 e. The molecule has 0 saturated carbocycles. The monoisotopic (exact) mass is 264 g/mol. The molecule has 8 heteroatoms. The maximum Gasteiger partial charge on any atom is 0.236 e. The second kappa shape index (κ2) is 4.92. The zero-order valence-corrected chi connectivity index (χ0v) is 10.5. The first kappa shape index (κ1) is 12.8. The van der Waals surface area contributed by atoms with Crippen LogP contribution in [0.1, 0.15) is 0 Å². The maximum absolute atomic E-state index is 13.6. The molecule has 1 aromatic carbocycles. The van der Waals surface area contributed by atoms with Crippen LogP contribution < -0.4 is 21.1 Å². The molecule has 19 heavy (non-hydrogen) atoms. The third-order valence-electron chi connectivity index (χ3n) is 2.48. The number of aromatic nitrogens is 3. The highest BCUT2D eigenvalue weighted by Gasteiger charge is 2.12. The van der Waals surface area contributed by atoms with Gasteiger partial charge in [0.25, 0.3) is 0 Å². The van der Waals surface area contributed by atoms with Gasteiger partial charge in [0.05, 0.1) is 7.11 Å². The van der Waals surface area contributed by atoms with E-state index in [1.807, 2.05) is 0 Å². The van der Waals surface area contributed by atoms with Crippen molar-refractivity contribution in [2.24, 2.45) is 0 Å². The number of benzene rings is 1. The number of halogens is 1.